The summed E-state index contributed by atoms with van der Waals surface area (Å²) >= 11 is 0. The summed E-state index contributed by atoms with van der Waals surface area (Å²) < 4.78 is 1.81. The third kappa shape index (κ3) is 2.95. The summed E-state index contributed by atoms with van der Waals surface area (Å²) in [5.41, 5.74) is 4.20. The van der Waals surface area contributed by atoms with Crippen LogP contribution in [0, 0.1) is 6.92 Å². The average Bonchev–Trinajstić information content (AvgIpc) is 2.52. The Morgan fingerprint density at radius 1 is 0.810 bits per heavy atom. The quantitative estimate of drug-likeness (QED) is 0.711. The van der Waals surface area contributed by atoms with Crippen molar-refractivity contribution in [2.24, 2.45) is 0 Å². The number of hydrogen-bond donors (Lipinski definition) is 0. The largest absolute Gasteiger partial charge is 0.308 e. The van der Waals surface area contributed by atoms with Crippen molar-refractivity contribution in [2.75, 3.05) is 0 Å². The molecular weight excluding hydrogens is 258 g/mol. The van der Waals surface area contributed by atoms with Crippen molar-refractivity contribution in [3.8, 4) is 11.1 Å². The Kier molecular flexibility index (Phi) is 3.69. The van der Waals surface area contributed by atoms with E-state index >= 15 is 0 Å². The fraction of sp³-hybridized carbons (Fsp3) is 0.105. The summed E-state index contributed by atoms with van der Waals surface area (Å²) in [4.78, 5) is 12.4. The maximum Gasteiger partial charge on any atom is 0.251 e. The predicted octanol–water partition coefficient (Wildman–Crippen LogP) is 3.87. The first-order valence-corrected chi connectivity index (χ1v) is 7.05. The standard InChI is InChI=1S/C19H17NO/c1-15-12-18(17-10-6-3-7-11-17)13-19(21)20(15)14-16-8-4-2-5-9-16/h2-13H,14H2,1H3. The number of nitrogens with zero attached hydrogens (tertiary/aromatic N) is 1. The van der Waals surface area contributed by atoms with Crippen molar-refractivity contribution in [3.05, 3.63) is 94.4 Å². The number of rotatable bonds is 3. The van der Waals surface area contributed by atoms with Gasteiger partial charge in [0.2, 0.25) is 0 Å². The lowest BCUT2D eigenvalue weighted by Gasteiger charge is -2.12. The molecule has 0 N–H and O–H groups in total. The van der Waals surface area contributed by atoms with E-state index in [0.717, 1.165) is 22.4 Å². The van der Waals surface area contributed by atoms with Gasteiger partial charge in [0.05, 0.1) is 6.54 Å². The number of benzene rings is 2. The highest BCUT2D eigenvalue weighted by Crippen LogP contribution is 2.18. The molecule has 0 atom stereocenters. The zero-order valence-electron chi connectivity index (χ0n) is 12.0. The summed E-state index contributed by atoms with van der Waals surface area (Å²) in [6.45, 7) is 2.59. The summed E-state index contributed by atoms with van der Waals surface area (Å²) in [6.07, 6.45) is 0. The molecular formula is C19H17NO. The molecule has 0 fully saturated rings. The molecule has 0 radical (unpaired) electrons. The topological polar surface area (TPSA) is 22.0 Å². The molecule has 0 spiro atoms. The van der Waals surface area contributed by atoms with Gasteiger partial charge >= 0.3 is 0 Å². The fourth-order valence-electron chi connectivity index (χ4n) is 2.50. The van der Waals surface area contributed by atoms with Crippen molar-refractivity contribution in [1.29, 1.82) is 0 Å². The first kappa shape index (κ1) is 13.4. The molecule has 2 aromatic carbocycles. The number of aromatic nitrogens is 1. The molecule has 2 heteroatoms. The van der Waals surface area contributed by atoms with E-state index in [9.17, 15) is 4.79 Å². The van der Waals surface area contributed by atoms with E-state index in [-0.39, 0.29) is 5.56 Å². The smallest absolute Gasteiger partial charge is 0.251 e. The molecule has 2 nitrogen and oxygen atoms in total. The van der Waals surface area contributed by atoms with E-state index in [2.05, 4.69) is 6.07 Å². The van der Waals surface area contributed by atoms with Crippen molar-refractivity contribution in [2.45, 2.75) is 13.5 Å². The fourth-order valence-corrected chi connectivity index (χ4v) is 2.50. The van der Waals surface area contributed by atoms with Gasteiger partial charge in [-0.05, 0) is 29.7 Å². The van der Waals surface area contributed by atoms with E-state index < -0.39 is 0 Å². The van der Waals surface area contributed by atoms with Gasteiger partial charge in [0.25, 0.3) is 5.56 Å². The van der Waals surface area contributed by atoms with Gasteiger partial charge in [-0.2, -0.15) is 0 Å². The minimum atomic E-state index is 0.0395. The second-order valence-electron chi connectivity index (χ2n) is 5.16. The molecule has 0 bridgehead atoms. The van der Waals surface area contributed by atoms with Gasteiger partial charge in [-0.25, -0.2) is 0 Å². The molecule has 1 aromatic heterocycles. The van der Waals surface area contributed by atoms with Gasteiger partial charge in [-0.1, -0.05) is 60.7 Å². The zero-order chi connectivity index (χ0) is 14.7. The molecule has 3 aromatic rings. The summed E-state index contributed by atoms with van der Waals surface area (Å²) in [7, 11) is 0. The Morgan fingerprint density at radius 2 is 1.43 bits per heavy atom. The van der Waals surface area contributed by atoms with Gasteiger partial charge < -0.3 is 4.57 Å². The Labute approximate surface area is 124 Å². The van der Waals surface area contributed by atoms with E-state index in [4.69, 9.17) is 0 Å². The van der Waals surface area contributed by atoms with E-state index in [1.165, 1.54) is 0 Å². The number of pyridine rings is 1. The monoisotopic (exact) mass is 275 g/mol. The van der Waals surface area contributed by atoms with Crippen molar-refractivity contribution in [3.63, 3.8) is 0 Å². The Hall–Kier alpha value is -2.61. The summed E-state index contributed by atoms with van der Waals surface area (Å²) in [5.74, 6) is 0. The highest BCUT2D eigenvalue weighted by atomic mass is 16.1. The van der Waals surface area contributed by atoms with Gasteiger partial charge in [0.15, 0.2) is 0 Å². The maximum absolute atomic E-state index is 12.4. The average molecular weight is 275 g/mol. The van der Waals surface area contributed by atoms with Crippen LogP contribution in [0.25, 0.3) is 11.1 Å². The minimum absolute atomic E-state index is 0.0395. The lowest BCUT2D eigenvalue weighted by atomic mass is 10.1. The lowest BCUT2D eigenvalue weighted by molar-refractivity contribution is 0.731. The molecule has 1 heterocycles. The van der Waals surface area contributed by atoms with Gasteiger partial charge in [-0.15, -0.1) is 0 Å². The van der Waals surface area contributed by atoms with E-state index in [1.807, 2.05) is 72.2 Å². The second kappa shape index (κ2) is 5.80. The molecule has 0 saturated heterocycles. The van der Waals surface area contributed by atoms with Crippen LogP contribution in [0.2, 0.25) is 0 Å². The molecule has 0 unspecified atom stereocenters. The minimum Gasteiger partial charge on any atom is -0.308 e. The van der Waals surface area contributed by atoms with E-state index in [1.54, 1.807) is 6.07 Å². The van der Waals surface area contributed by atoms with Gasteiger partial charge in [-0.3, -0.25) is 4.79 Å². The van der Waals surface area contributed by atoms with Crippen LogP contribution in [0.15, 0.2) is 77.6 Å². The molecule has 3 rings (SSSR count). The van der Waals surface area contributed by atoms with Crippen LogP contribution in [-0.2, 0) is 6.54 Å². The number of hydrogen-bond acceptors (Lipinski definition) is 1. The first-order valence-electron chi connectivity index (χ1n) is 7.05. The van der Waals surface area contributed by atoms with Crippen molar-refractivity contribution >= 4 is 0 Å². The molecule has 104 valence electrons. The summed E-state index contributed by atoms with van der Waals surface area (Å²) in [5, 5.41) is 0. The Bertz CT molecular complexity index is 789. The van der Waals surface area contributed by atoms with Crippen molar-refractivity contribution < 1.29 is 0 Å². The molecule has 0 aliphatic heterocycles. The molecule has 0 aliphatic carbocycles. The molecule has 21 heavy (non-hydrogen) atoms. The first-order chi connectivity index (χ1) is 10.2. The van der Waals surface area contributed by atoms with Crippen LogP contribution in [0.4, 0.5) is 0 Å². The highest BCUT2D eigenvalue weighted by Gasteiger charge is 2.05. The van der Waals surface area contributed by atoms with Crippen LogP contribution in [-0.4, -0.2) is 4.57 Å². The number of aryl methyl sites for hydroxylation is 1. The van der Waals surface area contributed by atoms with Crippen LogP contribution in [0.3, 0.4) is 0 Å². The van der Waals surface area contributed by atoms with E-state index in [0.29, 0.717) is 6.54 Å². The zero-order valence-corrected chi connectivity index (χ0v) is 12.0. The third-order valence-electron chi connectivity index (χ3n) is 3.63. The van der Waals surface area contributed by atoms with Gasteiger partial charge in [0.1, 0.15) is 0 Å². The second-order valence-corrected chi connectivity index (χ2v) is 5.16. The SMILES string of the molecule is Cc1cc(-c2ccccc2)cc(=O)n1Cc1ccccc1. The van der Waals surface area contributed by atoms with Crippen molar-refractivity contribution in [1.82, 2.24) is 4.57 Å². The Morgan fingerprint density at radius 3 is 2.05 bits per heavy atom. The molecule has 0 saturated carbocycles. The van der Waals surface area contributed by atoms with Crippen LogP contribution < -0.4 is 5.56 Å². The normalized spacial score (nSPS) is 10.5. The van der Waals surface area contributed by atoms with Gasteiger partial charge in [0, 0.05) is 11.8 Å². The lowest BCUT2D eigenvalue weighted by Crippen LogP contribution is -2.22. The third-order valence-corrected chi connectivity index (χ3v) is 3.63. The maximum atomic E-state index is 12.4. The molecule has 0 aliphatic rings. The Balaban J connectivity index is 1.99. The summed E-state index contributed by atoms with van der Waals surface area (Å²) in [6, 6.07) is 23.8. The van der Waals surface area contributed by atoms with Crippen LogP contribution in [0.5, 0.6) is 0 Å². The predicted molar refractivity (Wildman–Crippen MR) is 86.4 cm³/mol. The van der Waals surface area contributed by atoms with Crippen LogP contribution in [0.1, 0.15) is 11.3 Å². The highest BCUT2D eigenvalue weighted by molar-refractivity contribution is 5.63. The van der Waals surface area contributed by atoms with Crippen LogP contribution >= 0.6 is 0 Å². The molecule has 0 amide bonds.